The second-order valence-electron chi connectivity index (χ2n) is 8.29. The Kier molecular flexibility index (Phi) is 4.38. The van der Waals surface area contributed by atoms with Gasteiger partial charge in [-0.1, -0.05) is 13.0 Å². The van der Waals surface area contributed by atoms with Gasteiger partial charge in [-0.05, 0) is 63.4 Å². The molecule has 29 heavy (non-hydrogen) atoms. The minimum atomic E-state index is -0.889. The SMILES string of the molecule is CCC1(C)NC(=O)N(c2cnc(Oc3ccc4c(c3)C(C)(C)OC4)c(C)c2)C1=O. The number of fused-ring (bicyclic) bond motifs is 1. The van der Waals surface area contributed by atoms with Gasteiger partial charge in [-0.3, -0.25) is 4.79 Å². The number of rotatable bonds is 4. The summed E-state index contributed by atoms with van der Waals surface area (Å²) in [6.07, 6.45) is 2.00. The van der Waals surface area contributed by atoms with Crippen LogP contribution in [0.2, 0.25) is 0 Å². The molecule has 1 fully saturated rings. The quantitative estimate of drug-likeness (QED) is 0.786. The van der Waals surface area contributed by atoms with Crippen LogP contribution < -0.4 is 15.0 Å². The predicted molar refractivity (Wildman–Crippen MR) is 108 cm³/mol. The van der Waals surface area contributed by atoms with Gasteiger partial charge in [0.15, 0.2) is 0 Å². The standard InChI is InChI=1S/C22H25N3O4/c1-6-22(5)19(26)25(20(27)24-22)15-9-13(2)18(23-11-15)29-16-8-7-14-12-28-21(3,4)17(14)10-16/h7-11H,6,12H2,1-5H3,(H,24,27). The molecule has 0 radical (unpaired) electrons. The average Bonchev–Trinajstić information content (AvgIpc) is 3.10. The van der Waals surface area contributed by atoms with Crippen molar-refractivity contribution in [2.75, 3.05) is 4.90 Å². The van der Waals surface area contributed by atoms with Crippen LogP contribution in [0.15, 0.2) is 30.5 Å². The maximum atomic E-state index is 12.7. The molecule has 7 nitrogen and oxygen atoms in total. The van der Waals surface area contributed by atoms with E-state index in [0.717, 1.165) is 21.6 Å². The van der Waals surface area contributed by atoms with Crippen molar-refractivity contribution >= 4 is 17.6 Å². The molecule has 2 aliphatic heterocycles. The van der Waals surface area contributed by atoms with Crippen LogP contribution in [0.25, 0.3) is 0 Å². The van der Waals surface area contributed by atoms with Gasteiger partial charge >= 0.3 is 6.03 Å². The second-order valence-corrected chi connectivity index (χ2v) is 8.29. The molecule has 0 bridgehead atoms. The summed E-state index contributed by atoms with van der Waals surface area (Å²) < 4.78 is 11.8. The summed E-state index contributed by atoms with van der Waals surface area (Å²) >= 11 is 0. The number of imide groups is 1. The fourth-order valence-electron chi connectivity index (χ4n) is 3.69. The van der Waals surface area contributed by atoms with Crippen LogP contribution in [0.5, 0.6) is 11.6 Å². The van der Waals surface area contributed by atoms with E-state index in [4.69, 9.17) is 9.47 Å². The number of urea groups is 1. The fraction of sp³-hybridized carbons (Fsp3) is 0.409. The number of anilines is 1. The van der Waals surface area contributed by atoms with E-state index in [0.29, 0.717) is 30.3 Å². The lowest BCUT2D eigenvalue weighted by atomic mass is 9.96. The molecule has 152 valence electrons. The summed E-state index contributed by atoms with van der Waals surface area (Å²) in [5.41, 5.74) is 2.17. The van der Waals surface area contributed by atoms with Gasteiger partial charge in [0.1, 0.15) is 11.3 Å². The molecule has 0 spiro atoms. The number of aromatic nitrogens is 1. The first kappa shape index (κ1) is 19.4. The Labute approximate surface area is 170 Å². The monoisotopic (exact) mass is 395 g/mol. The molecule has 1 saturated heterocycles. The van der Waals surface area contributed by atoms with Gasteiger partial charge in [-0.15, -0.1) is 0 Å². The van der Waals surface area contributed by atoms with Gasteiger partial charge in [-0.2, -0.15) is 0 Å². The molecule has 1 unspecified atom stereocenters. The number of hydrogen-bond donors (Lipinski definition) is 1. The Morgan fingerprint density at radius 3 is 2.66 bits per heavy atom. The highest BCUT2D eigenvalue weighted by molar-refractivity contribution is 6.23. The molecule has 1 N–H and O–H groups in total. The van der Waals surface area contributed by atoms with Crippen LogP contribution in [-0.2, 0) is 21.7 Å². The van der Waals surface area contributed by atoms with Crippen LogP contribution in [-0.4, -0.2) is 22.5 Å². The highest BCUT2D eigenvalue weighted by Gasteiger charge is 2.47. The minimum absolute atomic E-state index is 0.277. The lowest BCUT2D eigenvalue weighted by Crippen LogP contribution is -2.43. The van der Waals surface area contributed by atoms with E-state index >= 15 is 0 Å². The van der Waals surface area contributed by atoms with Crippen molar-refractivity contribution < 1.29 is 19.1 Å². The van der Waals surface area contributed by atoms with Crippen molar-refractivity contribution in [3.05, 3.63) is 47.2 Å². The van der Waals surface area contributed by atoms with Crippen LogP contribution in [0.1, 0.15) is 50.8 Å². The summed E-state index contributed by atoms with van der Waals surface area (Å²) in [7, 11) is 0. The molecule has 2 aromatic rings. The number of amides is 3. The van der Waals surface area contributed by atoms with Crippen LogP contribution >= 0.6 is 0 Å². The van der Waals surface area contributed by atoms with Crippen molar-refractivity contribution in [1.82, 2.24) is 10.3 Å². The van der Waals surface area contributed by atoms with Gasteiger partial charge < -0.3 is 14.8 Å². The van der Waals surface area contributed by atoms with Gasteiger partial charge in [-0.25, -0.2) is 14.7 Å². The molecule has 1 atom stereocenters. The maximum Gasteiger partial charge on any atom is 0.329 e. The van der Waals surface area contributed by atoms with Crippen molar-refractivity contribution in [2.24, 2.45) is 0 Å². The zero-order valence-electron chi connectivity index (χ0n) is 17.3. The summed E-state index contributed by atoms with van der Waals surface area (Å²) in [5, 5.41) is 2.75. The van der Waals surface area contributed by atoms with Crippen molar-refractivity contribution in [3.8, 4) is 11.6 Å². The second kappa shape index (κ2) is 6.56. The van der Waals surface area contributed by atoms with Crippen LogP contribution in [0.4, 0.5) is 10.5 Å². The topological polar surface area (TPSA) is 80.8 Å². The molecular formula is C22H25N3O4. The molecule has 4 rings (SSSR count). The Morgan fingerprint density at radius 1 is 1.24 bits per heavy atom. The minimum Gasteiger partial charge on any atom is -0.439 e. The molecule has 3 amide bonds. The lowest BCUT2D eigenvalue weighted by Gasteiger charge is -2.20. The summed E-state index contributed by atoms with van der Waals surface area (Å²) in [6.45, 7) is 10.1. The Balaban J connectivity index is 1.59. The number of benzene rings is 1. The molecule has 7 heteroatoms. The highest BCUT2D eigenvalue weighted by Crippen LogP contribution is 2.39. The largest absolute Gasteiger partial charge is 0.439 e. The molecule has 3 heterocycles. The fourth-order valence-corrected chi connectivity index (χ4v) is 3.69. The van der Waals surface area contributed by atoms with E-state index < -0.39 is 11.6 Å². The van der Waals surface area contributed by atoms with Gasteiger partial charge in [0, 0.05) is 5.56 Å². The molecular weight excluding hydrogens is 370 g/mol. The third-order valence-corrected chi connectivity index (χ3v) is 5.78. The number of carbonyl (C=O) groups is 2. The maximum absolute atomic E-state index is 12.7. The van der Waals surface area contributed by atoms with Crippen molar-refractivity contribution in [1.29, 1.82) is 0 Å². The number of hydrogen-bond acceptors (Lipinski definition) is 5. The zero-order chi connectivity index (χ0) is 21.0. The van der Waals surface area contributed by atoms with E-state index in [9.17, 15) is 9.59 Å². The molecule has 0 saturated carbocycles. The number of nitrogens with one attached hydrogen (secondary N) is 1. The third-order valence-electron chi connectivity index (χ3n) is 5.78. The van der Waals surface area contributed by atoms with Crippen molar-refractivity contribution in [3.63, 3.8) is 0 Å². The van der Waals surface area contributed by atoms with Gasteiger partial charge in [0.25, 0.3) is 5.91 Å². The van der Waals surface area contributed by atoms with E-state index in [1.807, 2.05) is 45.9 Å². The Hall–Kier alpha value is -2.93. The Bertz CT molecular complexity index is 1020. The van der Waals surface area contributed by atoms with Crippen LogP contribution in [0.3, 0.4) is 0 Å². The van der Waals surface area contributed by atoms with Gasteiger partial charge in [0.05, 0.1) is 24.1 Å². The third kappa shape index (κ3) is 3.15. The lowest BCUT2D eigenvalue weighted by molar-refractivity contribution is -0.121. The average molecular weight is 395 g/mol. The smallest absolute Gasteiger partial charge is 0.329 e. The van der Waals surface area contributed by atoms with E-state index in [-0.39, 0.29) is 11.5 Å². The summed E-state index contributed by atoms with van der Waals surface area (Å²) in [6, 6.07) is 7.17. The zero-order valence-corrected chi connectivity index (χ0v) is 17.3. The summed E-state index contributed by atoms with van der Waals surface area (Å²) in [5.74, 6) is 0.815. The molecule has 0 aliphatic carbocycles. The number of ether oxygens (including phenoxy) is 2. The van der Waals surface area contributed by atoms with E-state index in [1.54, 1.807) is 13.0 Å². The number of pyridine rings is 1. The molecule has 2 aliphatic rings. The Morgan fingerprint density at radius 2 is 2.00 bits per heavy atom. The number of nitrogens with zero attached hydrogens (tertiary/aromatic N) is 2. The van der Waals surface area contributed by atoms with E-state index in [2.05, 4.69) is 10.3 Å². The molecule has 1 aromatic heterocycles. The van der Waals surface area contributed by atoms with Crippen molar-refractivity contribution in [2.45, 2.75) is 58.8 Å². The molecule has 1 aromatic carbocycles. The van der Waals surface area contributed by atoms with Crippen LogP contribution in [0, 0.1) is 6.92 Å². The highest BCUT2D eigenvalue weighted by atomic mass is 16.5. The van der Waals surface area contributed by atoms with E-state index in [1.165, 1.54) is 6.20 Å². The first-order valence-corrected chi connectivity index (χ1v) is 9.73. The van der Waals surface area contributed by atoms with Gasteiger partial charge in [0.2, 0.25) is 5.88 Å². The predicted octanol–water partition coefficient (Wildman–Crippen LogP) is 4.17. The first-order chi connectivity index (χ1) is 13.6. The number of aryl methyl sites for hydroxylation is 1. The first-order valence-electron chi connectivity index (χ1n) is 9.73. The normalized spacial score (nSPS) is 22.6. The number of carbonyl (C=O) groups excluding carboxylic acids is 2. The summed E-state index contributed by atoms with van der Waals surface area (Å²) in [4.78, 5) is 30.5.